The first-order valence-electron chi connectivity index (χ1n) is 6.48. The molecule has 0 saturated carbocycles. The van der Waals surface area contributed by atoms with Gasteiger partial charge in [-0.1, -0.05) is 28.9 Å². The largest absolute Gasteiger partial charge is 0.435 e. The maximum atomic E-state index is 12.5. The number of nitrogens with two attached hydrogens (primary N) is 1. The Morgan fingerprint density at radius 1 is 1.33 bits per heavy atom. The van der Waals surface area contributed by atoms with Crippen LogP contribution in [0.25, 0.3) is 5.69 Å². The highest BCUT2D eigenvalue weighted by atomic mass is 79.9. The summed E-state index contributed by atoms with van der Waals surface area (Å²) in [7, 11) is 0. The summed E-state index contributed by atoms with van der Waals surface area (Å²) in [6.45, 7) is 2.01. The van der Waals surface area contributed by atoms with E-state index in [9.17, 15) is 13.2 Å². The zero-order valence-corrected chi connectivity index (χ0v) is 12.9. The number of hydrogen-bond acceptors (Lipinski definition) is 2. The van der Waals surface area contributed by atoms with Crippen LogP contribution in [0.4, 0.5) is 13.2 Å². The summed E-state index contributed by atoms with van der Waals surface area (Å²) in [5.41, 5.74) is 6.59. The molecule has 7 heteroatoms. The first-order chi connectivity index (χ1) is 9.81. The van der Waals surface area contributed by atoms with E-state index in [1.165, 1.54) is 10.9 Å². The van der Waals surface area contributed by atoms with Gasteiger partial charge >= 0.3 is 6.18 Å². The van der Waals surface area contributed by atoms with Crippen molar-refractivity contribution < 1.29 is 13.2 Å². The first kappa shape index (κ1) is 16.0. The Morgan fingerprint density at radius 2 is 2.05 bits per heavy atom. The normalized spacial score (nSPS) is 13.4. The summed E-state index contributed by atoms with van der Waals surface area (Å²) in [6.07, 6.45) is -1.56. The van der Waals surface area contributed by atoms with Gasteiger partial charge in [-0.3, -0.25) is 0 Å². The standard InChI is InChI=1S/C14H15BrF3N3/c1-2-10(19)7-9-3-4-11(8-12(9)15)21-6-5-13(20-21)14(16,17)18/h3-6,8,10H,2,7,19H2,1H3. The average Bonchev–Trinajstić information content (AvgIpc) is 2.90. The van der Waals surface area contributed by atoms with Crippen LogP contribution in [0.2, 0.25) is 0 Å². The summed E-state index contributed by atoms with van der Waals surface area (Å²) in [5.74, 6) is 0. The highest BCUT2D eigenvalue weighted by molar-refractivity contribution is 9.10. The van der Waals surface area contributed by atoms with E-state index < -0.39 is 11.9 Å². The minimum absolute atomic E-state index is 0.0636. The number of hydrogen-bond donors (Lipinski definition) is 1. The minimum atomic E-state index is -4.43. The van der Waals surface area contributed by atoms with E-state index in [0.29, 0.717) is 12.1 Å². The van der Waals surface area contributed by atoms with Gasteiger partial charge in [0.1, 0.15) is 0 Å². The van der Waals surface area contributed by atoms with Crippen molar-refractivity contribution in [3.05, 3.63) is 46.2 Å². The van der Waals surface area contributed by atoms with Gasteiger partial charge in [-0.05, 0) is 36.6 Å². The van der Waals surface area contributed by atoms with Crippen molar-refractivity contribution in [2.45, 2.75) is 32.0 Å². The number of alkyl halides is 3. The molecule has 1 unspecified atom stereocenters. The van der Waals surface area contributed by atoms with Crippen molar-refractivity contribution in [2.75, 3.05) is 0 Å². The van der Waals surface area contributed by atoms with Crippen LogP contribution in [0.1, 0.15) is 24.6 Å². The maximum Gasteiger partial charge on any atom is 0.435 e. The van der Waals surface area contributed by atoms with Gasteiger partial charge in [0.15, 0.2) is 5.69 Å². The number of rotatable bonds is 4. The van der Waals surface area contributed by atoms with Crippen LogP contribution in [0.15, 0.2) is 34.9 Å². The third-order valence-electron chi connectivity index (χ3n) is 3.19. The molecule has 0 aliphatic rings. The quantitative estimate of drug-likeness (QED) is 0.896. The van der Waals surface area contributed by atoms with Crippen molar-refractivity contribution in [3.63, 3.8) is 0 Å². The number of nitrogens with zero attached hydrogens (tertiary/aromatic N) is 2. The molecule has 0 aliphatic carbocycles. The number of halogens is 4. The Labute approximate surface area is 129 Å². The highest BCUT2D eigenvalue weighted by Gasteiger charge is 2.33. The monoisotopic (exact) mass is 361 g/mol. The Morgan fingerprint density at radius 3 is 2.57 bits per heavy atom. The molecular formula is C14H15BrF3N3. The molecule has 1 aromatic heterocycles. The second kappa shape index (κ2) is 6.19. The smallest absolute Gasteiger partial charge is 0.327 e. The van der Waals surface area contributed by atoms with Gasteiger partial charge in [-0.2, -0.15) is 18.3 Å². The van der Waals surface area contributed by atoms with Gasteiger partial charge in [-0.25, -0.2) is 4.68 Å². The molecule has 21 heavy (non-hydrogen) atoms. The molecule has 2 N–H and O–H groups in total. The SMILES string of the molecule is CCC(N)Cc1ccc(-n2ccc(C(F)(F)F)n2)cc1Br. The summed E-state index contributed by atoms with van der Waals surface area (Å²) in [4.78, 5) is 0. The number of benzene rings is 1. The maximum absolute atomic E-state index is 12.5. The Bertz CT molecular complexity index is 622. The van der Waals surface area contributed by atoms with Crippen LogP contribution < -0.4 is 5.73 Å². The van der Waals surface area contributed by atoms with Gasteiger partial charge in [0, 0.05) is 16.7 Å². The minimum Gasteiger partial charge on any atom is -0.327 e. The lowest BCUT2D eigenvalue weighted by molar-refractivity contribution is -0.141. The first-order valence-corrected chi connectivity index (χ1v) is 7.27. The van der Waals surface area contributed by atoms with Crippen LogP contribution in [-0.2, 0) is 12.6 Å². The Balaban J connectivity index is 2.26. The van der Waals surface area contributed by atoms with Crippen molar-refractivity contribution in [3.8, 4) is 5.69 Å². The fraction of sp³-hybridized carbons (Fsp3) is 0.357. The summed E-state index contributed by atoms with van der Waals surface area (Å²) in [6, 6.07) is 6.34. The summed E-state index contributed by atoms with van der Waals surface area (Å²) < 4.78 is 39.6. The molecular weight excluding hydrogens is 347 g/mol. The average molecular weight is 362 g/mol. The molecule has 1 aromatic carbocycles. The van der Waals surface area contributed by atoms with Crippen LogP contribution in [-0.4, -0.2) is 15.8 Å². The molecule has 1 atom stereocenters. The molecule has 0 aliphatic heterocycles. The van der Waals surface area contributed by atoms with Crippen LogP contribution in [0.5, 0.6) is 0 Å². The van der Waals surface area contributed by atoms with Crippen molar-refractivity contribution in [2.24, 2.45) is 5.73 Å². The van der Waals surface area contributed by atoms with Crippen LogP contribution in [0.3, 0.4) is 0 Å². The van der Waals surface area contributed by atoms with E-state index in [1.807, 2.05) is 13.0 Å². The van der Waals surface area contributed by atoms with E-state index in [0.717, 1.165) is 22.5 Å². The lowest BCUT2D eigenvalue weighted by Crippen LogP contribution is -2.21. The van der Waals surface area contributed by atoms with Crippen LogP contribution in [0, 0.1) is 0 Å². The van der Waals surface area contributed by atoms with E-state index in [1.54, 1.807) is 12.1 Å². The zero-order chi connectivity index (χ0) is 15.6. The second-order valence-electron chi connectivity index (χ2n) is 4.79. The van der Waals surface area contributed by atoms with E-state index in [-0.39, 0.29) is 6.04 Å². The molecule has 0 bridgehead atoms. The van der Waals surface area contributed by atoms with E-state index in [4.69, 9.17) is 5.73 Å². The third kappa shape index (κ3) is 3.85. The molecule has 1 heterocycles. The van der Waals surface area contributed by atoms with Gasteiger partial charge < -0.3 is 5.73 Å². The highest BCUT2D eigenvalue weighted by Crippen LogP contribution is 2.28. The Hall–Kier alpha value is -1.34. The summed E-state index contributed by atoms with van der Waals surface area (Å²) >= 11 is 3.43. The molecule has 0 saturated heterocycles. The predicted octanol–water partition coefficient (Wildman–Crippen LogP) is 3.93. The van der Waals surface area contributed by atoms with Gasteiger partial charge in [0.2, 0.25) is 0 Å². The van der Waals surface area contributed by atoms with E-state index in [2.05, 4.69) is 21.0 Å². The fourth-order valence-electron chi connectivity index (χ4n) is 1.89. The second-order valence-corrected chi connectivity index (χ2v) is 5.65. The molecule has 2 rings (SSSR count). The van der Waals surface area contributed by atoms with Gasteiger partial charge in [0.25, 0.3) is 0 Å². The molecule has 0 amide bonds. The fourth-order valence-corrected chi connectivity index (χ4v) is 2.42. The molecule has 0 radical (unpaired) electrons. The topological polar surface area (TPSA) is 43.8 Å². The van der Waals surface area contributed by atoms with E-state index >= 15 is 0 Å². The molecule has 2 aromatic rings. The molecule has 114 valence electrons. The lowest BCUT2D eigenvalue weighted by Gasteiger charge is -2.12. The lowest BCUT2D eigenvalue weighted by atomic mass is 10.0. The van der Waals surface area contributed by atoms with Crippen LogP contribution >= 0.6 is 15.9 Å². The summed E-state index contributed by atoms with van der Waals surface area (Å²) in [5, 5.41) is 3.55. The zero-order valence-electron chi connectivity index (χ0n) is 11.4. The molecule has 3 nitrogen and oxygen atoms in total. The Kier molecular flexibility index (Phi) is 4.73. The van der Waals surface area contributed by atoms with Crippen molar-refractivity contribution in [1.82, 2.24) is 9.78 Å². The van der Waals surface area contributed by atoms with Crippen molar-refractivity contribution >= 4 is 15.9 Å². The predicted molar refractivity (Wildman–Crippen MR) is 78.2 cm³/mol. The molecule has 0 fully saturated rings. The van der Waals surface area contributed by atoms with Crippen molar-refractivity contribution in [1.29, 1.82) is 0 Å². The number of aromatic nitrogens is 2. The molecule has 0 spiro atoms. The van der Waals surface area contributed by atoms with Gasteiger partial charge in [-0.15, -0.1) is 0 Å². The van der Waals surface area contributed by atoms with Gasteiger partial charge in [0.05, 0.1) is 5.69 Å². The third-order valence-corrected chi connectivity index (χ3v) is 3.93.